The molecule has 0 aliphatic carbocycles. The van der Waals surface area contributed by atoms with Gasteiger partial charge in [0, 0.05) is 0 Å². The molecule has 1 heterocycles. The first kappa shape index (κ1) is 14.4. The van der Waals surface area contributed by atoms with E-state index >= 15 is 0 Å². The number of nitrogens with one attached hydrogen (secondary N) is 2. The highest BCUT2D eigenvalue weighted by molar-refractivity contribution is 7.89. The molecule has 1 aliphatic heterocycles. The molecule has 0 saturated carbocycles. The summed E-state index contributed by atoms with van der Waals surface area (Å²) >= 11 is 0. The fourth-order valence-corrected chi connectivity index (χ4v) is 3.29. The third-order valence-corrected chi connectivity index (χ3v) is 4.52. The first-order valence-corrected chi connectivity index (χ1v) is 7.56. The van der Waals surface area contributed by atoms with Crippen LogP contribution in [-0.2, 0) is 14.8 Å². The number of hydrogen-bond acceptors (Lipinski definition) is 4. The number of hydrogen-bond donors (Lipinski definition) is 3. The second kappa shape index (κ2) is 6.32. The molecule has 17 heavy (non-hydrogen) atoms. The molecule has 0 spiro atoms. The maximum absolute atomic E-state index is 11.7. The minimum absolute atomic E-state index is 0.0648. The maximum Gasteiger partial charge on any atom is 0.235 e. The van der Waals surface area contributed by atoms with Crippen LogP contribution >= 0.6 is 0 Å². The van der Waals surface area contributed by atoms with Gasteiger partial charge in [0.15, 0.2) is 0 Å². The van der Waals surface area contributed by atoms with Crippen molar-refractivity contribution in [1.29, 1.82) is 0 Å². The summed E-state index contributed by atoms with van der Waals surface area (Å²) in [5, 5.41) is 3.23. The first-order chi connectivity index (χ1) is 7.91. The van der Waals surface area contributed by atoms with Gasteiger partial charge in [0.25, 0.3) is 0 Å². The number of amides is 1. The van der Waals surface area contributed by atoms with Crippen molar-refractivity contribution in [3.63, 3.8) is 0 Å². The Kier molecular flexibility index (Phi) is 5.35. The highest BCUT2D eigenvalue weighted by atomic mass is 32.2. The predicted molar refractivity (Wildman–Crippen MR) is 65.8 cm³/mol. The van der Waals surface area contributed by atoms with Gasteiger partial charge in [-0.2, -0.15) is 0 Å². The molecule has 1 unspecified atom stereocenters. The molecule has 1 saturated heterocycles. The van der Waals surface area contributed by atoms with E-state index in [0.29, 0.717) is 12.3 Å². The summed E-state index contributed by atoms with van der Waals surface area (Å²) in [5.74, 6) is -0.137. The molecule has 0 aromatic heterocycles. The van der Waals surface area contributed by atoms with Crippen LogP contribution in [0.5, 0.6) is 0 Å². The van der Waals surface area contributed by atoms with Crippen molar-refractivity contribution >= 4 is 15.9 Å². The molecule has 7 heteroatoms. The zero-order valence-electron chi connectivity index (χ0n) is 10.1. The number of carbonyl (C=O) groups excluding carboxylic acids is 1. The van der Waals surface area contributed by atoms with Crippen molar-refractivity contribution in [2.24, 2.45) is 11.7 Å². The monoisotopic (exact) mass is 263 g/mol. The van der Waals surface area contributed by atoms with Gasteiger partial charge in [-0.05, 0) is 45.2 Å². The second-order valence-electron chi connectivity index (χ2n) is 4.54. The van der Waals surface area contributed by atoms with Crippen molar-refractivity contribution in [1.82, 2.24) is 10.0 Å². The Labute approximate surface area is 102 Å². The van der Waals surface area contributed by atoms with Crippen molar-refractivity contribution in [3.8, 4) is 0 Å². The summed E-state index contributed by atoms with van der Waals surface area (Å²) in [6.07, 6.45) is 2.67. The van der Waals surface area contributed by atoms with Gasteiger partial charge in [0.05, 0.1) is 11.8 Å². The molecule has 4 N–H and O–H groups in total. The summed E-state index contributed by atoms with van der Waals surface area (Å²) in [5.41, 5.74) is 5.01. The van der Waals surface area contributed by atoms with E-state index in [1.807, 2.05) is 0 Å². The quantitative estimate of drug-likeness (QED) is 0.582. The average molecular weight is 263 g/mol. The van der Waals surface area contributed by atoms with E-state index in [9.17, 15) is 13.2 Å². The molecule has 1 fully saturated rings. The van der Waals surface area contributed by atoms with Crippen LogP contribution in [0.25, 0.3) is 0 Å². The van der Waals surface area contributed by atoms with E-state index in [1.54, 1.807) is 0 Å². The van der Waals surface area contributed by atoms with Crippen LogP contribution in [0, 0.1) is 5.92 Å². The fraction of sp³-hybridized carbons (Fsp3) is 0.900. The van der Waals surface area contributed by atoms with Gasteiger partial charge in [-0.1, -0.05) is 0 Å². The summed E-state index contributed by atoms with van der Waals surface area (Å²) < 4.78 is 25.6. The Morgan fingerprint density at radius 2 is 2.06 bits per heavy atom. The Morgan fingerprint density at radius 1 is 1.47 bits per heavy atom. The molecule has 0 aromatic carbocycles. The SMILES string of the molecule is CC(NS(=O)(=O)CCC1CCNCC1)C(N)=O. The van der Waals surface area contributed by atoms with Crippen molar-refractivity contribution in [3.05, 3.63) is 0 Å². The lowest BCUT2D eigenvalue weighted by atomic mass is 9.96. The Hall–Kier alpha value is -0.660. The van der Waals surface area contributed by atoms with E-state index in [-0.39, 0.29) is 5.75 Å². The van der Waals surface area contributed by atoms with Gasteiger partial charge in [0.1, 0.15) is 0 Å². The third kappa shape index (κ3) is 5.47. The second-order valence-corrected chi connectivity index (χ2v) is 6.42. The van der Waals surface area contributed by atoms with Crippen LogP contribution in [-0.4, -0.2) is 39.2 Å². The van der Waals surface area contributed by atoms with Crippen molar-refractivity contribution in [2.75, 3.05) is 18.8 Å². The number of nitrogens with two attached hydrogens (primary N) is 1. The molecule has 100 valence electrons. The maximum atomic E-state index is 11.7. The Bertz CT molecular complexity index is 350. The minimum atomic E-state index is -3.40. The fourth-order valence-electron chi connectivity index (χ4n) is 1.88. The summed E-state index contributed by atoms with van der Waals surface area (Å²) in [4.78, 5) is 10.8. The van der Waals surface area contributed by atoms with Crippen LogP contribution in [0.1, 0.15) is 26.2 Å². The lowest BCUT2D eigenvalue weighted by molar-refractivity contribution is -0.119. The van der Waals surface area contributed by atoms with Gasteiger partial charge in [-0.3, -0.25) is 4.79 Å². The van der Waals surface area contributed by atoms with Gasteiger partial charge < -0.3 is 11.1 Å². The Balaban J connectivity index is 2.35. The first-order valence-electron chi connectivity index (χ1n) is 5.91. The zero-order valence-corrected chi connectivity index (χ0v) is 10.9. The van der Waals surface area contributed by atoms with Crippen molar-refractivity contribution < 1.29 is 13.2 Å². The van der Waals surface area contributed by atoms with Crippen LogP contribution in [0.4, 0.5) is 0 Å². The zero-order chi connectivity index (χ0) is 12.9. The minimum Gasteiger partial charge on any atom is -0.368 e. The van der Waals surface area contributed by atoms with Crippen molar-refractivity contribution in [2.45, 2.75) is 32.2 Å². The van der Waals surface area contributed by atoms with E-state index in [4.69, 9.17) is 5.73 Å². The standard InChI is InChI=1S/C10H21N3O3S/c1-8(10(11)14)13-17(15,16)7-4-9-2-5-12-6-3-9/h8-9,12-13H,2-7H2,1H3,(H2,11,14). The summed E-state index contributed by atoms with van der Waals surface area (Å²) in [7, 11) is -3.40. The molecular weight excluding hydrogens is 242 g/mol. The largest absolute Gasteiger partial charge is 0.368 e. The smallest absolute Gasteiger partial charge is 0.235 e. The predicted octanol–water partition coefficient (Wildman–Crippen LogP) is -0.831. The summed E-state index contributed by atoms with van der Waals surface area (Å²) in [6.45, 7) is 3.36. The average Bonchev–Trinajstić information content (AvgIpc) is 2.27. The number of carbonyl (C=O) groups is 1. The Morgan fingerprint density at radius 3 is 2.59 bits per heavy atom. The van der Waals surface area contributed by atoms with Crippen LogP contribution in [0.2, 0.25) is 0 Å². The highest BCUT2D eigenvalue weighted by Gasteiger charge is 2.20. The van der Waals surface area contributed by atoms with E-state index in [0.717, 1.165) is 25.9 Å². The van der Waals surface area contributed by atoms with Gasteiger partial charge in [-0.15, -0.1) is 0 Å². The normalized spacial score (nSPS) is 20.1. The molecule has 0 aromatic rings. The molecule has 1 amide bonds. The van der Waals surface area contributed by atoms with E-state index in [2.05, 4.69) is 10.0 Å². The van der Waals surface area contributed by atoms with Gasteiger partial charge >= 0.3 is 0 Å². The van der Waals surface area contributed by atoms with E-state index in [1.165, 1.54) is 6.92 Å². The molecular formula is C10H21N3O3S. The van der Waals surface area contributed by atoms with Crippen LogP contribution in [0.15, 0.2) is 0 Å². The number of sulfonamides is 1. The number of primary amides is 1. The number of piperidine rings is 1. The molecule has 1 atom stereocenters. The lowest BCUT2D eigenvalue weighted by Gasteiger charge is -2.22. The van der Waals surface area contributed by atoms with Gasteiger partial charge in [0.2, 0.25) is 15.9 Å². The number of rotatable bonds is 6. The molecule has 6 nitrogen and oxygen atoms in total. The third-order valence-electron chi connectivity index (χ3n) is 3.04. The topological polar surface area (TPSA) is 101 Å². The lowest BCUT2D eigenvalue weighted by Crippen LogP contribution is -2.43. The van der Waals surface area contributed by atoms with Crippen LogP contribution < -0.4 is 15.8 Å². The molecule has 0 bridgehead atoms. The van der Waals surface area contributed by atoms with E-state index < -0.39 is 22.0 Å². The highest BCUT2D eigenvalue weighted by Crippen LogP contribution is 2.16. The van der Waals surface area contributed by atoms with Crippen LogP contribution in [0.3, 0.4) is 0 Å². The van der Waals surface area contributed by atoms with Gasteiger partial charge in [-0.25, -0.2) is 13.1 Å². The molecule has 1 rings (SSSR count). The summed E-state index contributed by atoms with van der Waals surface area (Å²) in [6, 6.07) is -0.840. The molecule has 1 aliphatic rings. The molecule has 0 radical (unpaired) electrons.